The first kappa shape index (κ1) is 17.2. The fraction of sp³-hybridized carbons (Fsp3) is 0.0667. The summed E-state index contributed by atoms with van der Waals surface area (Å²) in [5.41, 5.74) is 13.8. The van der Waals surface area contributed by atoms with Crippen LogP contribution in [0.15, 0.2) is 109 Å². The molecule has 30 heavy (non-hydrogen) atoms. The van der Waals surface area contributed by atoms with Gasteiger partial charge < -0.3 is 0 Å². The molecule has 6 rings (SSSR count). The van der Waals surface area contributed by atoms with E-state index in [0.29, 0.717) is 0 Å². The highest BCUT2D eigenvalue weighted by molar-refractivity contribution is 5.99. The van der Waals surface area contributed by atoms with Gasteiger partial charge in [-0.25, -0.2) is 0 Å². The number of allylic oxidation sites excluding steroid dienone is 4. The van der Waals surface area contributed by atoms with Gasteiger partial charge in [0.1, 0.15) is 0 Å². The highest BCUT2D eigenvalue weighted by Crippen LogP contribution is 2.50. The van der Waals surface area contributed by atoms with Gasteiger partial charge in [-0.3, -0.25) is 0 Å². The second kappa shape index (κ2) is 7.00. The second-order valence-corrected chi connectivity index (χ2v) is 8.09. The van der Waals surface area contributed by atoms with Gasteiger partial charge in [0.25, 0.3) is 0 Å². The highest BCUT2D eigenvalue weighted by Gasteiger charge is 2.28. The predicted molar refractivity (Wildman–Crippen MR) is 127 cm³/mol. The van der Waals surface area contributed by atoms with Gasteiger partial charge in [0.15, 0.2) is 0 Å². The van der Waals surface area contributed by atoms with Crippen LogP contribution in [-0.2, 0) is 6.42 Å². The molecular weight excluding hydrogens is 360 g/mol. The number of hydrogen-bond donors (Lipinski definition) is 0. The molecule has 142 valence electrons. The van der Waals surface area contributed by atoms with Crippen molar-refractivity contribution in [3.05, 3.63) is 126 Å². The Kier molecular flexibility index (Phi) is 4.02. The molecule has 0 amide bonds. The zero-order valence-corrected chi connectivity index (χ0v) is 16.8. The van der Waals surface area contributed by atoms with Crippen LogP contribution in [0, 0.1) is 0 Å². The van der Waals surface area contributed by atoms with E-state index in [9.17, 15) is 0 Å². The summed E-state index contributed by atoms with van der Waals surface area (Å²) in [7, 11) is 0. The summed E-state index contributed by atoms with van der Waals surface area (Å²) in [4.78, 5) is 0. The zero-order chi connectivity index (χ0) is 19.9. The van der Waals surface area contributed by atoms with Crippen molar-refractivity contribution in [3.63, 3.8) is 0 Å². The Labute approximate surface area is 177 Å². The molecule has 4 aromatic rings. The van der Waals surface area contributed by atoms with Gasteiger partial charge in [0.2, 0.25) is 0 Å². The summed E-state index contributed by atoms with van der Waals surface area (Å²) < 4.78 is 0. The van der Waals surface area contributed by atoms with E-state index in [1.807, 2.05) is 0 Å². The monoisotopic (exact) mass is 382 g/mol. The quantitative estimate of drug-likeness (QED) is 0.297. The number of benzene rings is 4. The minimum Gasteiger partial charge on any atom is -0.0801 e. The fourth-order valence-electron chi connectivity index (χ4n) is 5.02. The molecule has 2 aliphatic rings. The van der Waals surface area contributed by atoms with Gasteiger partial charge in [0, 0.05) is 0 Å². The maximum atomic E-state index is 2.43. The van der Waals surface area contributed by atoms with Crippen molar-refractivity contribution in [1.29, 1.82) is 0 Å². The van der Waals surface area contributed by atoms with E-state index in [0.717, 1.165) is 12.8 Å². The first-order valence-electron chi connectivity index (χ1n) is 10.7. The normalized spacial score (nSPS) is 13.8. The lowest BCUT2D eigenvalue weighted by Crippen LogP contribution is -1.98. The molecule has 0 saturated heterocycles. The second-order valence-electron chi connectivity index (χ2n) is 8.09. The lowest BCUT2D eigenvalue weighted by Gasteiger charge is -2.20. The molecular formula is C30H22. The van der Waals surface area contributed by atoms with Crippen molar-refractivity contribution < 1.29 is 0 Å². The van der Waals surface area contributed by atoms with Crippen molar-refractivity contribution in [2.45, 2.75) is 12.8 Å². The van der Waals surface area contributed by atoms with Crippen molar-refractivity contribution >= 4 is 5.57 Å². The molecule has 2 aliphatic carbocycles. The van der Waals surface area contributed by atoms with Gasteiger partial charge in [-0.1, -0.05) is 103 Å². The summed E-state index contributed by atoms with van der Waals surface area (Å²) in [5, 5.41) is 0. The predicted octanol–water partition coefficient (Wildman–Crippen LogP) is 7.94. The van der Waals surface area contributed by atoms with Crippen LogP contribution < -0.4 is 0 Å². The fourth-order valence-corrected chi connectivity index (χ4v) is 5.02. The lowest BCUT2D eigenvalue weighted by atomic mass is 9.83. The van der Waals surface area contributed by atoms with Crippen LogP contribution in [0.2, 0.25) is 0 Å². The Balaban J connectivity index is 1.73. The molecule has 0 aromatic heterocycles. The molecule has 4 aromatic carbocycles. The van der Waals surface area contributed by atoms with Crippen molar-refractivity contribution in [3.8, 4) is 33.4 Å². The summed E-state index contributed by atoms with van der Waals surface area (Å²) >= 11 is 0. The molecule has 0 N–H and O–H groups in total. The third-order valence-corrected chi connectivity index (χ3v) is 6.35. The van der Waals surface area contributed by atoms with E-state index in [4.69, 9.17) is 0 Å². The van der Waals surface area contributed by atoms with E-state index in [-0.39, 0.29) is 0 Å². The summed E-state index contributed by atoms with van der Waals surface area (Å²) in [5.74, 6) is 0. The van der Waals surface area contributed by atoms with Crippen LogP contribution in [0.25, 0.3) is 39.0 Å². The van der Waals surface area contributed by atoms with E-state index in [2.05, 4.69) is 109 Å². The van der Waals surface area contributed by atoms with Crippen LogP contribution >= 0.6 is 0 Å². The van der Waals surface area contributed by atoms with E-state index >= 15 is 0 Å². The first-order chi connectivity index (χ1) is 14.9. The minimum absolute atomic E-state index is 0.999. The van der Waals surface area contributed by atoms with Crippen LogP contribution in [0.3, 0.4) is 0 Å². The molecule has 0 aliphatic heterocycles. The van der Waals surface area contributed by atoms with Gasteiger partial charge in [-0.15, -0.1) is 0 Å². The van der Waals surface area contributed by atoms with Gasteiger partial charge in [-0.2, -0.15) is 0 Å². The molecule has 0 fully saturated rings. The smallest absolute Gasteiger partial charge is 0.000695 e. The Morgan fingerprint density at radius 2 is 1.20 bits per heavy atom. The Bertz CT molecular complexity index is 1310. The summed E-state index contributed by atoms with van der Waals surface area (Å²) in [6.07, 6.45) is 8.77. The third-order valence-electron chi connectivity index (χ3n) is 6.35. The average Bonchev–Trinajstić information content (AvgIpc) is 3.47. The van der Waals surface area contributed by atoms with Crippen LogP contribution in [0.5, 0.6) is 0 Å². The Morgan fingerprint density at radius 3 is 1.87 bits per heavy atom. The number of fused-ring (bicyclic) bond motifs is 3. The van der Waals surface area contributed by atoms with E-state index in [1.54, 1.807) is 0 Å². The van der Waals surface area contributed by atoms with Crippen LogP contribution in [-0.4, -0.2) is 0 Å². The average molecular weight is 383 g/mol. The van der Waals surface area contributed by atoms with E-state index < -0.39 is 0 Å². The largest absolute Gasteiger partial charge is 0.0801 e. The Morgan fingerprint density at radius 1 is 0.567 bits per heavy atom. The van der Waals surface area contributed by atoms with Gasteiger partial charge in [0.05, 0.1) is 0 Å². The van der Waals surface area contributed by atoms with Crippen molar-refractivity contribution in [2.24, 2.45) is 0 Å². The molecule has 0 saturated carbocycles. The third kappa shape index (κ3) is 2.69. The molecule has 0 unspecified atom stereocenters. The van der Waals surface area contributed by atoms with Gasteiger partial charge >= 0.3 is 0 Å². The maximum Gasteiger partial charge on any atom is -0.000695 e. The standard InChI is InChI=1S/C30H22/c1-3-11-21(12-4-1)26-20-27(22-13-5-2-6-14-22)30-25-18-10-9-17-24(25)19-28(30)29(26)23-15-7-8-16-23/h1-15,17-18,20H,16,19H2. The molecule has 0 radical (unpaired) electrons. The summed E-state index contributed by atoms with van der Waals surface area (Å²) in [6.45, 7) is 0. The van der Waals surface area contributed by atoms with Crippen molar-refractivity contribution in [2.75, 3.05) is 0 Å². The first-order valence-corrected chi connectivity index (χ1v) is 10.7. The molecule has 0 bridgehead atoms. The number of rotatable bonds is 3. The van der Waals surface area contributed by atoms with Gasteiger partial charge in [-0.05, 0) is 74.6 Å². The zero-order valence-electron chi connectivity index (χ0n) is 16.8. The van der Waals surface area contributed by atoms with Crippen molar-refractivity contribution in [1.82, 2.24) is 0 Å². The topological polar surface area (TPSA) is 0 Å². The van der Waals surface area contributed by atoms with Crippen LogP contribution in [0.4, 0.5) is 0 Å². The maximum absolute atomic E-state index is 2.43. The molecule has 0 spiro atoms. The SMILES string of the molecule is C1=CCC(c2c(-c3ccccc3)cc(-c3ccccc3)c3c2Cc2ccccc2-3)=C1. The molecule has 0 atom stereocenters. The lowest BCUT2D eigenvalue weighted by molar-refractivity contribution is 1.24. The minimum atomic E-state index is 0.999. The molecule has 0 heterocycles. The van der Waals surface area contributed by atoms with E-state index in [1.165, 1.54) is 55.6 Å². The molecule has 0 nitrogen and oxygen atoms in total. The highest BCUT2D eigenvalue weighted by atomic mass is 14.3. The molecule has 0 heteroatoms. The Hall–Kier alpha value is -3.64. The summed E-state index contributed by atoms with van der Waals surface area (Å²) in [6, 6.07) is 33.1. The van der Waals surface area contributed by atoms with Crippen LogP contribution in [0.1, 0.15) is 23.1 Å². The number of hydrogen-bond acceptors (Lipinski definition) is 0.